The van der Waals surface area contributed by atoms with Gasteiger partial charge in [-0.25, -0.2) is 0 Å². The quantitative estimate of drug-likeness (QED) is 0.765. The van der Waals surface area contributed by atoms with Crippen molar-refractivity contribution in [2.45, 2.75) is 39.7 Å². The van der Waals surface area contributed by atoms with Gasteiger partial charge in [0.2, 0.25) is 0 Å². The molecule has 2 heteroatoms. The highest BCUT2D eigenvalue weighted by atomic mass is 14.7. The first-order valence-electron chi connectivity index (χ1n) is 5.24. The van der Waals surface area contributed by atoms with Crippen LogP contribution in [-0.2, 0) is 0 Å². The first kappa shape index (κ1) is 11.7. The van der Waals surface area contributed by atoms with Crippen molar-refractivity contribution in [2.75, 3.05) is 0 Å². The van der Waals surface area contributed by atoms with Crippen LogP contribution < -0.4 is 5.73 Å². The van der Waals surface area contributed by atoms with Gasteiger partial charge in [0.05, 0.1) is 0 Å². The molecule has 80 valence electrons. The Bertz CT molecular complexity index is 385. The maximum absolute atomic E-state index is 6.08. The zero-order chi connectivity index (χ0) is 11.3. The van der Waals surface area contributed by atoms with Gasteiger partial charge in [-0.2, -0.15) is 0 Å². The minimum Gasteiger partial charge on any atom is -0.324 e. The lowest BCUT2D eigenvalue weighted by Gasteiger charge is -2.13. The molecule has 1 aromatic heterocycles. The number of aryl methyl sites for hydroxylation is 2. The molecular formula is C13H18N2. The Kier molecular flexibility index (Phi) is 4.33. The number of nitrogens with two attached hydrogens (primary N) is 1. The van der Waals surface area contributed by atoms with Gasteiger partial charge in [0.15, 0.2) is 0 Å². The summed E-state index contributed by atoms with van der Waals surface area (Å²) in [6.07, 6.45) is 1.75. The van der Waals surface area contributed by atoms with Gasteiger partial charge in [-0.15, -0.1) is 11.8 Å². The second kappa shape index (κ2) is 5.53. The van der Waals surface area contributed by atoms with Crippen molar-refractivity contribution in [3.05, 3.63) is 29.1 Å². The Morgan fingerprint density at radius 3 is 2.73 bits per heavy atom. The zero-order valence-corrected chi connectivity index (χ0v) is 9.67. The van der Waals surface area contributed by atoms with Gasteiger partial charge in [0.1, 0.15) is 0 Å². The Morgan fingerprint density at radius 1 is 1.40 bits per heavy atom. The van der Waals surface area contributed by atoms with E-state index in [9.17, 15) is 0 Å². The lowest BCUT2D eigenvalue weighted by atomic mass is 10.0. The average Bonchev–Trinajstić information content (AvgIpc) is 2.17. The summed E-state index contributed by atoms with van der Waals surface area (Å²) in [6.45, 7) is 5.85. The van der Waals surface area contributed by atoms with Crippen LogP contribution >= 0.6 is 0 Å². The predicted octanol–water partition coefficient (Wildman–Crippen LogP) is 2.50. The molecule has 0 radical (unpaired) electrons. The van der Waals surface area contributed by atoms with E-state index in [0.717, 1.165) is 29.8 Å². The SMILES string of the molecule is CC#CCCC(N)c1ccc(C)nc1C. The first-order chi connectivity index (χ1) is 7.15. The molecule has 0 aliphatic rings. The summed E-state index contributed by atoms with van der Waals surface area (Å²) in [5.41, 5.74) is 9.29. The van der Waals surface area contributed by atoms with Crippen molar-refractivity contribution in [1.29, 1.82) is 0 Å². The normalized spacial score (nSPS) is 11.7. The highest BCUT2D eigenvalue weighted by molar-refractivity contribution is 5.24. The molecule has 1 atom stereocenters. The largest absolute Gasteiger partial charge is 0.324 e. The third-order valence-corrected chi connectivity index (χ3v) is 2.42. The number of pyridine rings is 1. The van der Waals surface area contributed by atoms with E-state index in [0.29, 0.717) is 0 Å². The number of hydrogen-bond acceptors (Lipinski definition) is 2. The maximum atomic E-state index is 6.08. The molecule has 2 N–H and O–H groups in total. The average molecular weight is 202 g/mol. The lowest BCUT2D eigenvalue weighted by molar-refractivity contribution is 0.659. The molecule has 0 aromatic carbocycles. The summed E-state index contributed by atoms with van der Waals surface area (Å²) in [7, 11) is 0. The Hall–Kier alpha value is -1.33. The molecular weight excluding hydrogens is 184 g/mol. The van der Waals surface area contributed by atoms with E-state index in [2.05, 4.69) is 22.9 Å². The van der Waals surface area contributed by atoms with E-state index in [4.69, 9.17) is 5.73 Å². The maximum Gasteiger partial charge on any atom is 0.0423 e. The summed E-state index contributed by atoms with van der Waals surface area (Å²) >= 11 is 0. The van der Waals surface area contributed by atoms with Gasteiger partial charge in [0.25, 0.3) is 0 Å². The minimum atomic E-state index is 0.0546. The summed E-state index contributed by atoms with van der Waals surface area (Å²) in [6, 6.07) is 4.13. The fraction of sp³-hybridized carbons (Fsp3) is 0.462. The van der Waals surface area contributed by atoms with Gasteiger partial charge in [-0.05, 0) is 38.8 Å². The van der Waals surface area contributed by atoms with Gasteiger partial charge < -0.3 is 5.73 Å². The molecule has 1 rings (SSSR count). The monoisotopic (exact) mass is 202 g/mol. The molecule has 0 saturated carbocycles. The molecule has 15 heavy (non-hydrogen) atoms. The van der Waals surface area contributed by atoms with E-state index >= 15 is 0 Å². The summed E-state index contributed by atoms with van der Waals surface area (Å²) in [4.78, 5) is 4.41. The molecule has 0 spiro atoms. The van der Waals surface area contributed by atoms with Crippen molar-refractivity contribution >= 4 is 0 Å². The van der Waals surface area contributed by atoms with Gasteiger partial charge in [-0.1, -0.05) is 6.07 Å². The summed E-state index contributed by atoms with van der Waals surface area (Å²) in [5.74, 6) is 5.91. The molecule has 2 nitrogen and oxygen atoms in total. The van der Waals surface area contributed by atoms with E-state index in [1.54, 1.807) is 0 Å². The van der Waals surface area contributed by atoms with Crippen LogP contribution in [0.5, 0.6) is 0 Å². The molecule has 1 aromatic rings. The van der Waals surface area contributed by atoms with E-state index in [-0.39, 0.29) is 6.04 Å². The fourth-order valence-electron chi connectivity index (χ4n) is 1.60. The van der Waals surface area contributed by atoms with Crippen LogP contribution in [0.3, 0.4) is 0 Å². The predicted molar refractivity (Wildman–Crippen MR) is 63.3 cm³/mol. The molecule has 0 saturated heterocycles. The topological polar surface area (TPSA) is 38.9 Å². The van der Waals surface area contributed by atoms with Crippen molar-refractivity contribution in [3.8, 4) is 11.8 Å². The molecule has 0 aliphatic carbocycles. The minimum absolute atomic E-state index is 0.0546. The van der Waals surface area contributed by atoms with Crippen molar-refractivity contribution in [2.24, 2.45) is 5.73 Å². The van der Waals surface area contributed by atoms with E-state index in [1.807, 2.05) is 26.8 Å². The van der Waals surface area contributed by atoms with Gasteiger partial charge in [0, 0.05) is 23.9 Å². The van der Waals surface area contributed by atoms with Crippen LogP contribution in [0.4, 0.5) is 0 Å². The summed E-state index contributed by atoms with van der Waals surface area (Å²) < 4.78 is 0. The van der Waals surface area contributed by atoms with Crippen LogP contribution in [0, 0.1) is 25.7 Å². The van der Waals surface area contributed by atoms with Crippen LogP contribution in [0.2, 0.25) is 0 Å². The highest BCUT2D eigenvalue weighted by Crippen LogP contribution is 2.18. The van der Waals surface area contributed by atoms with Gasteiger partial charge in [-0.3, -0.25) is 4.98 Å². The molecule has 1 heterocycles. The number of rotatable bonds is 3. The highest BCUT2D eigenvalue weighted by Gasteiger charge is 2.08. The third-order valence-electron chi connectivity index (χ3n) is 2.42. The summed E-state index contributed by atoms with van der Waals surface area (Å²) in [5, 5.41) is 0. The molecule has 0 amide bonds. The Morgan fingerprint density at radius 2 is 2.13 bits per heavy atom. The number of hydrogen-bond donors (Lipinski definition) is 1. The molecule has 0 aliphatic heterocycles. The van der Waals surface area contributed by atoms with Crippen LogP contribution in [0.1, 0.15) is 42.8 Å². The third kappa shape index (κ3) is 3.38. The Labute approximate surface area is 91.9 Å². The van der Waals surface area contributed by atoms with E-state index in [1.165, 1.54) is 0 Å². The standard InChI is InChI=1S/C13H18N2/c1-4-5-6-7-13(14)12-9-8-10(2)15-11(12)3/h8-9,13H,6-7,14H2,1-3H3. The van der Waals surface area contributed by atoms with Crippen molar-refractivity contribution in [3.63, 3.8) is 0 Å². The zero-order valence-electron chi connectivity index (χ0n) is 9.67. The lowest BCUT2D eigenvalue weighted by Crippen LogP contribution is -2.12. The number of aromatic nitrogens is 1. The van der Waals surface area contributed by atoms with E-state index < -0.39 is 0 Å². The molecule has 1 unspecified atom stereocenters. The van der Waals surface area contributed by atoms with Crippen molar-refractivity contribution < 1.29 is 0 Å². The first-order valence-corrected chi connectivity index (χ1v) is 5.24. The van der Waals surface area contributed by atoms with Crippen LogP contribution in [0.25, 0.3) is 0 Å². The van der Waals surface area contributed by atoms with Crippen molar-refractivity contribution in [1.82, 2.24) is 4.98 Å². The van der Waals surface area contributed by atoms with Gasteiger partial charge >= 0.3 is 0 Å². The second-order valence-electron chi connectivity index (χ2n) is 3.70. The smallest absolute Gasteiger partial charge is 0.0423 e. The van der Waals surface area contributed by atoms with Crippen LogP contribution in [0.15, 0.2) is 12.1 Å². The fourth-order valence-corrected chi connectivity index (χ4v) is 1.60. The second-order valence-corrected chi connectivity index (χ2v) is 3.70. The Balaban J connectivity index is 2.71. The van der Waals surface area contributed by atoms with Crippen LogP contribution in [-0.4, -0.2) is 4.98 Å². The molecule has 0 bridgehead atoms. The number of nitrogens with zero attached hydrogens (tertiary/aromatic N) is 1. The molecule has 0 fully saturated rings.